The van der Waals surface area contributed by atoms with Gasteiger partial charge >= 0.3 is 0 Å². The molecule has 0 aliphatic heterocycles. The van der Waals surface area contributed by atoms with Crippen molar-refractivity contribution in [3.8, 4) is 0 Å². The molecule has 0 radical (unpaired) electrons. The SMILES string of the molecule is CCN(C(=O)CC(c1ccccc1)c1ccccc1)c1ccccc1. The van der Waals surface area contributed by atoms with Gasteiger partial charge < -0.3 is 4.90 Å². The Labute approximate surface area is 149 Å². The summed E-state index contributed by atoms with van der Waals surface area (Å²) in [5.74, 6) is 0.207. The monoisotopic (exact) mass is 329 g/mol. The van der Waals surface area contributed by atoms with Crippen molar-refractivity contribution in [2.45, 2.75) is 19.3 Å². The maximum Gasteiger partial charge on any atom is 0.227 e. The number of hydrogen-bond acceptors (Lipinski definition) is 1. The molecule has 0 aliphatic rings. The molecule has 0 saturated heterocycles. The highest BCUT2D eigenvalue weighted by Gasteiger charge is 2.22. The zero-order chi connectivity index (χ0) is 17.5. The fourth-order valence-electron chi connectivity index (χ4n) is 3.19. The average molecular weight is 329 g/mol. The Kier molecular flexibility index (Phi) is 5.63. The Hall–Kier alpha value is -2.87. The Morgan fingerprint density at radius 2 is 1.20 bits per heavy atom. The number of carbonyl (C=O) groups excluding carboxylic acids is 1. The first-order chi connectivity index (χ1) is 12.3. The second-order valence-corrected chi connectivity index (χ2v) is 6.05. The largest absolute Gasteiger partial charge is 0.313 e. The third-order valence-electron chi connectivity index (χ3n) is 4.47. The summed E-state index contributed by atoms with van der Waals surface area (Å²) in [5.41, 5.74) is 3.30. The normalized spacial score (nSPS) is 10.6. The minimum Gasteiger partial charge on any atom is -0.313 e. The lowest BCUT2D eigenvalue weighted by Gasteiger charge is -2.25. The van der Waals surface area contributed by atoms with E-state index in [4.69, 9.17) is 0 Å². The molecule has 0 atom stereocenters. The number of amides is 1. The van der Waals surface area contributed by atoms with Crippen LogP contribution in [0.15, 0.2) is 91.0 Å². The molecule has 0 heterocycles. The zero-order valence-corrected chi connectivity index (χ0v) is 14.5. The van der Waals surface area contributed by atoms with Crippen molar-refractivity contribution in [3.63, 3.8) is 0 Å². The average Bonchev–Trinajstić information content (AvgIpc) is 2.69. The lowest BCUT2D eigenvalue weighted by atomic mass is 9.88. The van der Waals surface area contributed by atoms with E-state index in [2.05, 4.69) is 24.3 Å². The lowest BCUT2D eigenvalue weighted by Crippen LogP contribution is -2.31. The van der Waals surface area contributed by atoms with Gasteiger partial charge in [-0.2, -0.15) is 0 Å². The van der Waals surface area contributed by atoms with Crippen LogP contribution in [0.1, 0.15) is 30.4 Å². The number of para-hydroxylation sites is 1. The molecule has 1 amide bonds. The second kappa shape index (κ2) is 8.29. The van der Waals surface area contributed by atoms with Gasteiger partial charge in [-0.15, -0.1) is 0 Å². The number of rotatable bonds is 6. The maximum atomic E-state index is 13.1. The quantitative estimate of drug-likeness (QED) is 0.604. The summed E-state index contributed by atoms with van der Waals surface area (Å²) in [7, 11) is 0. The fourth-order valence-corrected chi connectivity index (χ4v) is 3.19. The smallest absolute Gasteiger partial charge is 0.227 e. The Balaban J connectivity index is 1.88. The number of carbonyl (C=O) groups is 1. The van der Waals surface area contributed by atoms with Gasteiger partial charge in [-0.3, -0.25) is 4.79 Å². The van der Waals surface area contributed by atoms with E-state index in [-0.39, 0.29) is 11.8 Å². The molecule has 0 aliphatic carbocycles. The van der Waals surface area contributed by atoms with E-state index >= 15 is 0 Å². The molecule has 126 valence electrons. The second-order valence-electron chi connectivity index (χ2n) is 6.05. The van der Waals surface area contributed by atoms with Gasteiger partial charge in [0.15, 0.2) is 0 Å². The first-order valence-corrected chi connectivity index (χ1v) is 8.75. The number of benzene rings is 3. The summed E-state index contributed by atoms with van der Waals surface area (Å²) in [5, 5.41) is 0. The number of anilines is 1. The third-order valence-corrected chi connectivity index (χ3v) is 4.47. The minimum atomic E-state index is 0.0627. The first kappa shape index (κ1) is 17.0. The van der Waals surface area contributed by atoms with E-state index < -0.39 is 0 Å². The molecule has 25 heavy (non-hydrogen) atoms. The van der Waals surface area contributed by atoms with Gasteiger partial charge in [-0.25, -0.2) is 0 Å². The van der Waals surface area contributed by atoms with Gasteiger partial charge in [0, 0.05) is 24.6 Å². The molecule has 0 spiro atoms. The van der Waals surface area contributed by atoms with Crippen LogP contribution in [0.25, 0.3) is 0 Å². The topological polar surface area (TPSA) is 20.3 Å². The highest BCUT2D eigenvalue weighted by atomic mass is 16.2. The maximum absolute atomic E-state index is 13.1. The van der Waals surface area contributed by atoms with Crippen LogP contribution < -0.4 is 4.90 Å². The summed E-state index contributed by atoms with van der Waals surface area (Å²) in [6, 6.07) is 30.4. The summed E-state index contributed by atoms with van der Waals surface area (Å²) < 4.78 is 0. The van der Waals surface area contributed by atoms with Crippen LogP contribution in [0.3, 0.4) is 0 Å². The molecule has 0 unspecified atom stereocenters. The highest BCUT2D eigenvalue weighted by Crippen LogP contribution is 2.29. The summed E-state index contributed by atoms with van der Waals surface area (Å²) >= 11 is 0. The van der Waals surface area contributed by atoms with Crippen LogP contribution in [-0.2, 0) is 4.79 Å². The Bertz CT molecular complexity index is 745. The van der Waals surface area contributed by atoms with Gasteiger partial charge in [-0.05, 0) is 30.2 Å². The van der Waals surface area contributed by atoms with Crippen molar-refractivity contribution in [1.82, 2.24) is 0 Å². The van der Waals surface area contributed by atoms with Gasteiger partial charge in [-0.1, -0.05) is 78.9 Å². The van der Waals surface area contributed by atoms with Crippen LogP contribution in [0.2, 0.25) is 0 Å². The fraction of sp³-hybridized carbons (Fsp3) is 0.174. The van der Waals surface area contributed by atoms with Crippen LogP contribution in [0, 0.1) is 0 Å². The number of nitrogens with zero attached hydrogens (tertiary/aromatic N) is 1. The molecule has 2 heteroatoms. The molecule has 0 bridgehead atoms. The highest BCUT2D eigenvalue weighted by molar-refractivity contribution is 5.94. The Morgan fingerprint density at radius 1 is 0.760 bits per heavy atom. The number of hydrogen-bond donors (Lipinski definition) is 0. The molecule has 0 saturated carbocycles. The Morgan fingerprint density at radius 3 is 1.64 bits per heavy atom. The minimum absolute atomic E-state index is 0.0627. The molecule has 0 N–H and O–H groups in total. The summed E-state index contributed by atoms with van der Waals surface area (Å²) in [4.78, 5) is 14.9. The molecular formula is C23H23NO. The van der Waals surface area contributed by atoms with Gasteiger partial charge in [0.05, 0.1) is 0 Å². The molecule has 0 aromatic heterocycles. The molecule has 0 fully saturated rings. The molecule has 2 nitrogen and oxygen atoms in total. The predicted molar refractivity (Wildman–Crippen MR) is 104 cm³/mol. The van der Waals surface area contributed by atoms with Crippen molar-refractivity contribution in [2.75, 3.05) is 11.4 Å². The third kappa shape index (κ3) is 4.16. The van der Waals surface area contributed by atoms with Crippen LogP contribution in [0.5, 0.6) is 0 Å². The van der Waals surface area contributed by atoms with Crippen molar-refractivity contribution in [2.24, 2.45) is 0 Å². The van der Waals surface area contributed by atoms with Gasteiger partial charge in [0.2, 0.25) is 5.91 Å². The van der Waals surface area contributed by atoms with E-state index in [1.165, 1.54) is 11.1 Å². The van der Waals surface area contributed by atoms with Gasteiger partial charge in [0.25, 0.3) is 0 Å². The van der Waals surface area contributed by atoms with E-state index in [0.29, 0.717) is 13.0 Å². The molecule has 3 aromatic rings. The van der Waals surface area contributed by atoms with Crippen LogP contribution in [0.4, 0.5) is 5.69 Å². The van der Waals surface area contributed by atoms with Crippen molar-refractivity contribution in [3.05, 3.63) is 102 Å². The van der Waals surface area contributed by atoms with E-state index in [1.54, 1.807) is 0 Å². The molecule has 3 aromatic carbocycles. The molecular weight excluding hydrogens is 306 g/mol. The van der Waals surface area contributed by atoms with E-state index in [9.17, 15) is 4.79 Å². The van der Waals surface area contributed by atoms with Crippen LogP contribution in [-0.4, -0.2) is 12.5 Å². The first-order valence-electron chi connectivity index (χ1n) is 8.75. The van der Waals surface area contributed by atoms with E-state index in [0.717, 1.165) is 5.69 Å². The van der Waals surface area contributed by atoms with E-state index in [1.807, 2.05) is 78.6 Å². The van der Waals surface area contributed by atoms with Crippen molar-refractivity contribution in [1.29, 1.82) is 0 Å². The summed E-state index contributed by atoms with van der Waals surface area (Å²) in [6.07, 6.45) is 0.455. The standard InChI is InChI=1S/C23H23NO/c1-2-24(21-16-10-5-11-17-21)23(25)18-22(19-12-6-3-7-13-19)20-14-8-4-9-15-20/h3-17,22H,2,18H2,1H3. The van der Waals surface area contributed by atoms with Crippen LogP contribution >= 0.6 is 0 Å². The lowest BCUT2D eigenvalue weighted by molar-refractivity contribution is -0.118. The van der Waals surface area contributed by atoms with Crippen molar-refractivity contribution < 1.29 is 4.79 Å². The molecule has 3 rings (SSSR count). The van der Waals surface area contributed by atoms with Gasteiger partial charge in [0.1, 0.15) is 0 Å². The summed E-state index contributed by atoms with van der Waals surface area (Å²) in [6.45, 7) is 2.68. The zero-order valence-electron chi connectivity index (χ0n) is 14.5. The predicted octanol–water partition coefficient (Wildman–Crippen LogP) is 5.26. The van der Waals surface area contributed by atoms with Crippen molar-refractivity contribution >= 4 is 11.6 Å².